The first-order chi connectivity index (χ1) is 9.22. The summed E-state index contributed by atoms with van der Waals surface area (Å²) in [5.74, 6) is 0.272. The number of carbonyl (C=O) groups excluding carboxylic acids is 1. The lowest BCUT2D eigenvalue weighted by Gasteiger charge is -2.09. The van der Waals surface area contributed by atoms with Crippen LogP contribution in [0, 0.1) is 0 Å². The van der Waals surface area contributed by atoms with Crippen LogP contribution in [-0.2, 0) is 0 Å². The SMILES string of the molecule is CCOc1cc(C=O)cc(C=CCCN=[N+]=[N-])c1O. The smallest absolute Gasteiger partial charge is 0.165 e. The van der Waals surface area contributed by atoms with E-state index in [0.717, 1.165) is 0 Å². The number of hydrogen-bond donors (Lipinski definition) is 1. The van der Waals surface area contributed by atoms with Gasteiger partial charge in [0.1, 0.15) is 6.29 Å². The van der Waals surface area contributed by atoms with Crippen molar-refractivity contribution in [3.8, 4) is 11.5 Å². The number of hydrogen-bond acceptors (Lipinski definition) is 4. The van der Waals surface area contributed by atoms with Gasteiger partial charge in [-0.2, -0.15) is 0 Å². The van der Waals surface area contributed by atoms with Gasteiger partial charge in [0, 0.05) is 22.6 Å². The summed E-state index contributed by atoms with van der Waals surface area (Å²) >= 11 is 0. The first-order valence-corrected chi connectivity index (χ1v) is 5.85. The minimum Gasteiger partial charge on any atom is -0.504 e. The predicted octanol–water partition coefficient (Wildman–Crippen LogP) is 3.32. The number of phenolic OH excluding ortho intramolecular Hbond substituents is 1. The largest absolute Gasteiger partial charge is 0.504 e. The van der Waals surface area contributed by atoms with Crippen molar-refractivity contribution in [2.24, 2.45) is 5.11 Å². The molecule has 0 aromatic heterocycles. The van der Waals surface area contributed by atoms with Crippen molar-refractivity contribution in [1.29, 1.82) is 0 Å². The van der Waals surface area contributed by atoms with Gasteiger partial charge in [-0.25, -0.2) is 0 Å². The van der Waals surface area contributed by atoms with Crippen LogP contribution in [0.5, 0.6) is 11.5 Å². The zero-order valence-corrected chi connectivity index (χ0v) is 10.6. The summed E-state index contributed by atoms with van der Waals surface area (Å²) in [7, 11) is 0. The van der Waals surface area contributed by atoms with E-state index in [0.29, 0.717) is 37.0 Å². The van der Waals surface area contributed by atoms with E-state index < -0.39 is 0 Å². The third kappa shape index (κ3) is 4.37. The minimum absolute atomic E-state index is 0.00696. The van der Waals surface area contributed by atoms with Crippen molar-refractivity contribution >= 4 is 12.4 Å². The molecule has 1 rings (SSSR count). The molecule has 1 N–H and O–H groups in total. The average molecular weight is 261 g/mol. The van der Waals surface area contributed by atoms with Gasteiger partial charge in [0.2, 0.25) is 0 Å². The number of ether oxygens (including phenoxy) is 1. The number of carbonyl (C=O) groups is 1. The minimum atomic E-state index is -0.00696. The molecule has 100 valence electrons. The molecule has 0 saturated carbocycles. The van der Waals surface area contributed by atoms with Crippen molar-refractivity contribution in [3.05, 3.63) is 39.8 Å². The van der Waals surface area contributed by atoms with E-state index in [1.54, 1.807) is 25.1 Å². The molecule has 0 bridgehead atoms. The van der Waals surface area contributed by atoms with Crippen LogP contribution in [0.2, 0.25) is 0 Å². The fraction of sp³-hybridized carbons (Fsp3) is 0.308. The predicted molar refractivity (Wildman–Crippen MR) is 72.3 cm³/mol. The van der Waals surface area contributed by atoms with Gasteiger partial charge in [-0.3, -0.25) is 4.79 Å². The normalized spacial score (nSPS) is 10.2. The van der Waals surface area contributed by atoms with Gasteiger partial charge in [0.05, 0.1) is 6.61 Å². The third-order valence-corrected chi connectivity index (χ3v) is 2.32. The summed E-state index contributed by atoms with van der Waals surface area (Å²) in [5.41, 5.74) is 9.05. The lowest BCUT2D eigenvalue weighted by molar-refractivity contribution is 0.112. The molecule has 0 radical (unpaired) electrons. The maximum absolute atomic E-state index is 10.8. The number of azide groups is 1. The second kappa shape index (κ2) is 7.79. The fourth-order valence-electron chi connectivity index (χ4n) is 1.50. The Morgan fingerprint density at radius 3 is 2.95 bits per heavy atom. The van der Waals surface area contributed by atoms with Crippen LogP contribution >= 0.6 is 0 Å². The number of aldehydes is 1. The molecule has 0 aliphatic carbocycles. The Balaban J connectivity index is 2.94. The highest BCUT2D eigenvalue weighted by Crippen LogP contribution is 2.32. The van der Waals surface area contributed by atoms with Gasteiger partial charge in [0.15, 0.2) is 11.5 Å². The van der Waals surface area contributed by atoms with E-state index in [-0.39, 0.29) is 11.5 Å². The Bertz CT molecular complexity index is 520. The maximum atomic E-state index is 10.8. The Hall–Kier alpha value is -2.46. The van der Waals surface area contributed by atoms with Crippen molar-refractivity contribution in [3.63, 3.8) is 0 Å². The molecule has 1 aromatic carbocycles. The number of benzene rings is 1. The van der Waals surface area contributed by atoms with E-state index in [1.165, 1.54) is 6.07 Å². The fourth-order valence-corrected chi connectivity index (χ4v) is 1.50. The van der Waals surface area contributed by atoms with Crippen LogP contribution in [0.4, 0.5) is 0 Å². The molecule has 1 aromatic rings. The maximum Gasteiger partial charge on any atom is 0.165 e. The highest BCUT2D eigenvalue weighted by Gasteiger charge is 2.08. The van der Waals surface area contributed by atoms with Crippen molar-refractivity contribution < 1.29 is 14.6 Å². The van der Waals surface area contributed by atoms with Crippen molar-refractivity contribution in [1.82, 2.24) is 0 Å². The van der Waals surface area contributed by atoms with Crippen LogP contribution < -0.4 is 4.74 Å². The highest BCUT2D eigenvalue weighted by atomic mass is 16.5. The van der Waals surface area contributed by atoms with E-state index >= 15 is 0 Å². The van der Waals surface area contributed by atoms with Gasteiger partial charge in [-0.15, -0.1) is 0 Å². The summed E-state index contributed by atoms with van der Waals surface area (Å²) in [4.78, 5) is 13.5. The van der Waals surface area contributed by atoms with Crippen LogP contribution in [-0.4, -0.2) is 24.5 Å². The number of phenols is 1. The number of nitrogens with zero attached hydrogens (tertiary/aromatic N) is 3. The zero-order valence-electron chi connectivity index (χ0n) is 10.6. The quantitative estimate of drug-likeness (QED) is 0.268. The van der Waals surface area contributed by atoms with Gasteiger partial charge in [0.25, 0.3) is 0 Å². The number of rotatable bonds is 7. The molecule has 0 heterocycles. The molecule has 0 amide bonds. The van der Waals surface area contributed by atoms with Crippen molar-refractivity contribution in [2.45, 2.75) is 13.3 Å². The van der Waals surface area contributed by atoms with Crippen LogP contribution in [0.1, 0.15) is 29.3 Å². The van der Waals surface area contributed by atoms with Gasteiger partial charge in [-0.05, 0) is 31.0 Å². The molecular weight excluding hydrogens is 246 g/mol. The van der Waals surface area contributed by atoms with Crippen molar-refractivity contribution in [2.75, 3.05) is 13.2 Å². The molecule has 0 spiro atoms. The summed E-state index contributed by atoms with van der Waals surface area (Å²) < 4.78 is 5.26. The second-order valence-electron chi connectivity index (χ2n) is 3.65. The molecule has 0 saturated heterocycles. The average Bonchev–Trinajstić information content (AvgIpc) is 2.42. The summed E-state index contributed by atoms with van der Waals surface area (Å²) in [6.45, 7) is 2.54. The topological polar surface area (TPSA) is 95.3 Å². The van der Waals surface area contributed by atoms with E-state index in [9.17, 15) is 9.90 Å². The summed E-state index contributed by atoms with van der Waals surface area (Å²) in [6, 6.07) is 3.05. The van der Waals surface area contributed by atoms with Gasteiger partial charge >= 0.3 is 0 Å². The summed E-state index contributed by atoms with van der Waals surface area (Å²) in [5, 5.41) is 13.4. The molecule has 6 heteroatoms. The summed E-state index contributed by atoms with van der Waals surface area (Å²) in [6.07, 6.45) is 4.67. The van der Waals surface area contributed by atoms with E-state index in [1.807, 2.05) is 0 Å². The first-order valence-electron chi connectivity index (χ1n) is 5.85. The Morgan fingerprint density at radius 2 is 2.32 bits per heavy atom. The molecule has 6 nitrogen and oxygen atoms in total. The lowest BCUT2D eigenvalue weighted by Crippen LogP contribution is -1.94. The molecule has 0 aliphatic rings. The standard InChI is InChI=1S/C13H15N3O3/c1-2-19-12-8-10(9-17)7-11(13(12)18)5-3-4-6-15-16-14/h3,5,7-9,18H,2,4,6H2,1H3. The Morgan fingerprint density at radius 1 is 1.53 bits per heavy atom. The highest BCUT2D eigenvalue weighted by molar-refractivity contribution is 5.79. The number of aromatic hydroxyl groups is 1. The molecule has 0 atom stereocenters. The Kier molecular flexibility index (Phi) is 5.98. The van der Waals surface area contributed by atoms with Crippen LogP contribution in [0.25, 0.3) is 16.5 Å². The van der Waals surface area contributed by atoms with E-state index in [4.69, 9.17) is 10.3 Å². The van der Waals surface area contributed by atoms with Crippen LogP contribution in [0.15, 0.2) is 23.3 Å². The zero-order chi connectivity index (χ0) is 14.1. The molecule has 0 fully saturated rings. The molecule has 0 unspecified atom stereocenters. The van der Waals surface area contributed by atoms with Gasteiger partial charge in [-0.1, -0.05) is 17.3 Å². The molecule has 19 heavy (non-hydrogen) atoms. The van der Waals surface area contributed by atoms with E-state index in [2.05, 4.69) is 10.0 Å². The third-order valence-electron chi connectivity index (χ3n) is 2.32. The molecular formula is C13H15N3O3. The monoisotopic (exact) mass is 261 g/mol. The first kappa shape index (κ1) is 14.6. The lowest BCUT2D eigenvalue weighted by atomic mass is 10.1. The Labute approximate surface area is 110 Å². The second-order valence-corrected chi connectivity index (χ2v) is 3.65. The van der Waals surface area contributed by atoms with Crippen LogP contribution in [0.3, 0.4) is 0 Å². The van der Waals surface area contributed by atoms with Gasteiger partial charge < -0.3 is 9.84 Å². The molecule has 0 aliphatic heterocycles.